The third-order valence-corrected chi connectivity index (χ3v) is 5.98. The van der Waals surface area contributed by atoms with E-state index in [1.807, 2.05) is 0 Å². The maximum atomic E-state index is 13.4. The molecule has 154 valence electrons. The molecule has 1 aromatic rings. The van der Waals surface area contributed by atoms with E-state index >= 15 is 0 Å². The van der Waals surface area contributed by atoms with Crippen LogP contribution in [0.3, 0.4) is 0 Å². The Morgan fingerprint density at radius 2 is 2.11 bits per heavy atom. The van der Waals surface area contributed by atoms with Crippen LogP contribution in [-0.4, -0.2) is 60.9 Å². The lowest BCUT2D eigenvalue weighted by molar-refractivity contribution is -0.203. The maximum absolute atomic E-state index is 13.4. The first-order valence-corrected chi connectivity index (χ1v) is 9.90. The zero-order chi connectivity index (χ0) is 19.9. The van der Waals surface area contributed by atoms with Crippen LogP contribution >= 0.6 is 0 Å². The van der Waals surface area contributed by atoms with E-state index in [0.29, 0.717) is 19.5 Å². The van der Waals surface area contributed by atoms with Gasteiger partial charge in [0, 0.05) is 25.7 Å². The fourth-order valence-electron chi connectivity index (χ4n) is 4.57. The summed E-state index contributed by atoms with van der Waals surface area (Å²) in [5.74, 6) is 0. The standard InChI is InChI=1S/C20H26F3N3O2/c1-13-9-14-4-6-25(11-16(14)15(10-13)17-3-2-5-24-17)19(27)26-7-8-28-12-18(26)20(21,22)23/h9-10,17-18,24H,2-8,11-12H2,1H3/t17-,18?/m0/s1. The summed E-state index contributed by atoms with van der Waals surface area (Å²) in [4.78, 5) is 15.5. The number of benzene rings is 1. The highest BCUT2D eigenvalue weighted by atomic mass is 19.4. The van der Waals surface area contributed by atoms with Crippen molar-refractivity contribution in [3.05, 3.63) is 34.4 Å². The number of halogens is 3. The highest BCUT2D eigenvalue weighted by Crippen LogP contribution is 2.34. The van der Waals surface area contributed by atoms with E-state index in [2.05, 4.69) is 24.4 Å². The normalized spacial score (nSPS) is 25.7. The Kier molecular flexibility index (Phi) is 5.26. The third kappa shape index (κ3) is 3.72. The zero-order valence-corrected chi connectivity index (χ0v) is 16.0. The Morgan fingerprint density at radius 1 is 1.29 bits per heavy atom. The van der Waals surface area contributed by atoms with Gasteiger partial charge >= 0.3 is 12.2 Å². The molecule has 0 spiro atoms. The number of nitrogens with one attached hydrogen (secondary N) is 1. The van der Waals surface area contributed by atoms with Gasteiger partial charge in [-0.25, -0.2) is 4.79 Å². The van der Waals surface area contributed by atoms with Crippen molar-refractivity contribution in [3.63, 3.8) is 0 Å². The predicted molar refractivity (Wildman–Crippen MR) is 98.0 cm³/mol. The summed E-state index contributed by atoms with van der Waals surface area (Å²) in [6.45, 7) is 3.46. The maximum Gasteiger partial charge on any atom is 0.411 e. The van der Waals surface area contributed by atoms with Crippen molar-refractivity contribution in [2.45, 2.75) is 51.0 Å². The molecule has 8 heteroatoms. The molecule has 28 heavy (non-hydrogen) atoms. The highest BCUT2D eigenvalue weighted by molar-refractivity contribution is 5.75. The summed E-state index contributed by atoms with van der Waals surface area (Å²) >= 11 is 0. The molecule has 5 nitrogen and oxygen atoms in total. The largest absolute Gasteiger partial charge is 0.411 e. The Labute approximate surface area is 162 Å². The van der Waals surface area contributed by atoms with E-state index in [9.17, 15) is 18.0 Å². The summed E-state index contributed by atoms with van der Waals surface area (Å²) in [7, 11) is 0. The lowest BCUT2D eigenvalue weighted by atomic mass is 9.89. The molecule has 3 heterocycles. The summed E-state index contributed by atoms with van der Waals surface area (Å²) in [6, 6.07) is 2.15. The topological polar surface area (TPSA) is 44.8 Å². The molecule has 3 aliphatic heterocycles. The monoisotopic (exact) mass is 397 g/mol. The van der Waals surface area contributed by atoms with Crippen molar-refractivity contribution in [2.24, 2.45) is 0 Å². The quantitative estimate of drug-likeness (QED) is 0.792. The average molecular weight is 397 g/mol. The van der Waals surface area contributed by atoms with Gasteiger partial charge in [-0.05, 0) is 49.4 Å². The number of alkyl halides is 3. The molecule has 1 unspecified atom stereocenters. The van der Waals surface area contributed by atoms with Crippen molar-refractivity contribution >= 4 is 6.03 Å². The van der Waals surface area contributed by atoms with Crippen LogP contribution in [0.1, 0.15) is 41.1 Å². The minimum atomic E-state index is -4.49. The van der Waals surface area contributed by atoms with E-state index < -0.39 is 24.9 Å². The first-order chi connectivity index (χ1) is 13.3. The van der Waals surface area contributed by atoms with Gasteiger partial charge in [-0.2, -0.15) is 13.2 Å². The molecule has 1 N–H and O–H groups in total. The number of nitrogens with zero attached hydrogens (tertiary/aromatic N) is 2. The Hall–Kier alpha value is -1.80. The van der Waals surface area contributed by atoms with Crippen LogP contribution in [0.15, 0.2) is 12.1 Å². The van der Waals surface area contributed by atoms with Crippen LogP contribution in [0.2, 0.25) is 0 Å². The van der Waals surface area contributed by atoms with E-state index in [0.717, 1.165) is 29.8 Å². The fraction of sp³-hybridized carbons (Fsp3) is 0.650. The average Bonchev–Trinajstić information content (AvgIpc) is 3.20. The smallest absolute Gasteiger partial charge is 0.377 e. The van der Waals surface area contributed by atoms with Gasteiger partial charge in [0.25, 0.3) is 0 Å². The molecular formula is C20H26F3N3O2. The summed E-state index contributed by atoms with van der Waals surface area (Å²) in [5, 5.41) is 3.51. The predicted octanol–water partition coefficient (Wildman–Crippen LogP) is 3.16. The summed E-state index contributed by atoms with van der Waals surface area (Å²) in [5.41, 5.74) is 4.69. The van der Waals surface area contributed by atoms with Crippen molar-refractivity contribution in [1.82, 2.24) is 15.1 Å². The Morgan fingerprint density at radius 3 is 2.82 bits per heavy atom. The Bertz CT molecular complexity index is 747. The Balaban J connectivity index is 1.58. The van der Waals surface area contributed by atoms with Crippen LogP contribution in [0, 0.1) is 6.92 Å². The van der Waals surface area contributed by atoms with Gasteiger partial charge < -0.3 is 19.9 Å². The first kappa shape index (κ1) is 19.5. The SMILES string of the molecule is Cc1cc2c(c([C@@H]3CCCN3)c1)CN(C(=O)N1CCOCC1C(F)(F)F)CC2. The first-order valence-electron chi connectivity index (χ1n) is 9.90. The van der Waals surface area contributed by atoms with Crippen molar-refractivity contribution in [1.29, 1.82) is 0 Å². The second-order valence-electron chi connectivity index (χ2n) is 7.92. The number of ether oxygens (including phenoxy) is 1. The van der Waals surface area contributed by atoms with Gasteiger partial charge in [0.2, 0.25) is 0 Å². The molecule has 0 radical (unpaired) electrons. The summed E-state index contributed by atoms with van der Waals surface area (Å²) < 4.78 is 45.1. The molecule has 2 saturated heterocycles. The van der Waals surface area contributed by atoms with Gasteiger partial charge in [0.1, 0.15) is 0 Å². The fourth-order valence-corrected chi connectivity index (χ4v) is 4.57. The zero-order valence-electron chi connectivity index (χ0n) is 16.0. The minimum Gasteiger partial charge on any atom is -0.377 e. The molecule has 4 rings (SSSR count). The number of amides is 2. The van der Waals surface area contributed by atoms with Crippen LogP contribution in [-0.2, 0) is 17.7 Å². The van der Waals surface area contributed by atoms with E-state index in [4.69, 9.17) is 4.74 Å². The number of aryl methyl sites for hydroxylation is 1. The van der Waals surface area contributed by atoms with E-state index in [1.165, 1.54) is 16.7 Å². The number of carbonyl (C=O) groups is 1. The number of morpholine rings is 1. The van der Waals surface area contributed by atoms with E-state index in [1.54, 1.807) is 4.90 Å². The van der Waals surface area contributed by atoms with Crippen molar-refractivity contribution < 1.29 is 22.7 Å². The minimum absolute atomic E-state index is 0.0305. The van der Waals surface area contributed by atoms with Crippen molar-refractivity contribution in [2.75, 3.05) is 32.8 Å². The number of carbonyl (C=O) groups excluding carboxylic acids is 1. The van der Waals surface area contributed by atoms with Crippen LogP contribution in [0.4, 0.5) is 18.0 Å². The molecule has 2 fully saturated rings. The lowest BCUT2D eigenvalue weighted by Crippen LogP contribution is -2.59. The molecule has 0 saturated carbocycles. The number of urea groups is 1. The van der Waals surface area contributed by atoms with Gasteiger partial charge in [-0.1, -0.05) is 17.7 Å². The lowest BCUT2D eigenvalue weighted by Gasteiger charge is -2.41. The molecule has 2 atom stereocenters. The molecule has 2 amide bonds. The van der Waals surface area contributed by atoms with Crippen LogP contribution in [0.5, 0.6) is 0 Å². The van der Waals surface area contributed by atoms with E-state index in [-0.39, 0.29) is 19.2 Å². The van der Waals surface area contributed by atoms with Gasteiger partial charge in [-0.3, -0.25) is 0 Å². The van der Waals surface area contributed by atoms with Gasteiger partial charge in [0.05, 0.1) is 13.2 Å². The molecule has 0 bridgehead atoms. The second-order valence-corrected chi connectivity index (χ2v) is 7.92. The third-order valence-electron chi connectivity index (χ3n) is 5.98. The molecular weight excluding hydrogens is 371 g/mol. The van der Waals surface area contributed by atoms with Crippen molar-refractivity contribution in [3.8, 4) is 0 Å². The van der Waals surface area contributed by atoms with Gasteiger partial charge in [-0.15, -0.1) is 0 Å². The highest BCUT2D eigenvalue weighted by Gasteiger charge is 2.48. The molecule has 0 aliphatic carbocycles. The van der Waals surface area contributed by atoms with Crippen LogP contribution in [0.25, 0.3) is 0 Å². The van der Waals surface area contributed by atoms with Crippen LogP contribution < -0.4 is 5.32 Å². The number of fused-ring (bicyclic) bond motifs is 1. The summed E-state index contributed by atoms with van der Waals surface area (Å²) in [6.07, 6.45) is -1.66. The second kappa shape index (κ2) is 7.55. The van der Waals surface area contributed by atoms with Gasteiger partial charge in [0.15, 0.2) is 6.04 Å². The molecule has 0 aromatic heterocycles. The number of rotatable bonds is 1. The molecule has 1 aromatic carbocycles. The number of hydrogen-bond acceptors (Lipinski definition) is 3. The molecule has 3 aliphatic rings. The number of hydrogen-bond donors (Lipinski definition) is 1.